The number of primary amides is 1. The third-order valence-corrected chi connectivity index (χ3v) is 5.06. The lowest BCUT2D eigenvalue weighted by molar-refractivity contribution is -0.138. The van der Waals surface area contributed by atoms with Crippen molar-refractivity contribution < 1.29 is 31.1 Å². The molecule has 6 nitrogen and oxygen atoms in total. The van der Waals surface area contributed by atoms with E-state index >= 15 is 0 Å². The zero-order valence-electron chi connectivity index (χ0n) is 18.0. The van der Waals surface area contributed by atoms with Crippen molar-refractivity contribution >= 4 is 17.7 Å². The molecule has 2 aromatic heterocycles. The van der Waals surface area contributed by atoms with Crippen LogP contribution in [0.3, 0.4) is 0 Å². The number of carbonyl (C=O) groups is 1. The maximum atomic E-state index is 13.0. The van der Waals surface area contributed by atoms with Crippen LogP contribution in [0.2, 0.25) is 0 Å². The smallest absolute Gasteiger partial charge is 0.366 e. The fourth-order valence-electron chi connectivity index (χ4n) is 3.27. The van der Waals surface area contributed by atoms with E-state index in [0.29, 0.717) is 5.56 Å². The topological polar surface area (TPSA) is 86.7 Å². The fraction of sp³-hybridized carbons (Fsp3) is 0.0833. The van der Waals surface area contributed by atoms with Gasteiger partial charge in [-0.1, -0.05) is 30.3 Å². The highest BCUT2D eigenvalue weighted by Gasteiger charge is 2.31. The normalized spacial score (nSPS) is 12.6. The number of hydrogen-bond donors (Lipinski definition) is 1. The summed E-state index contributed by atoms with van der Waals surface area (Å²) in [6, 6.07) is 11.2. The number of benzene rings is 2. The number of alkyl halides is 6. The number of rotatable bonds is 5. The number of pyridine rings is 1. The summed E-state index contributed by atoms with van der Waals surface area (Å²) in [6.07, 6.45) is -5.01. The monoisotopic (exact) mass is 503 g/mol. The minimum absolute atomic E-state index is 0.0233. The van der Waals surface area contributed by atoms with Crippen molar-refractivity contribution in [3.8, 4) is 22.8 Å². The van der Waals surface area contributed by atoms with Crippen molar-refractivity contribution in [3.63, 3.8) is 0 Å². The van der Waals surface area contributed by atoms with Crippen molar-refractivity contribution in [3.05, 3.63) is 89.7 Å². The molecule has 4 aromatic rings. The summed E-state index contributed by atoms with van der Waals surface area (Å²) in [6.45, 7) is 0. The van der Waals surface area contributed by atoms with E-state index in [4.69, 9.17) is 5.73 Å². The molecule has 4 rings (SSSR count). The summed E-state index contributed by atoms with van der Waals surface area (Å²) in [4.78, 5) is 20.4. The van der Waals surface area contributed by atoms with Crippen molar-refractivity contribution in [2.45, 2.75) is 12.4 Å². The molecule has 0 bridgehead atoms. The molecule has 0 atom stereocenters. The highest BCUT2D eigenvalue weighted by molar-refractivity contribution is 6.22. The summed E-state index contributed by atoms with van der Waals surface area (Å²) >= 11 is 0. The molecule has 36 heavy (non-hydrogen) atoms. The average Bonchev–Trinajstić information content (AvgIpc) is 3.26. The summed E-state index contributed by atoms with van der Waals surface area (Å²) in [5.41, 5.74) is 4.50. The molecule has 0 radical (unpaired) electrons. The van der Waals surface area contributed by atoms with Crippen molar-refractivity contribution in [1.29, 1.82) is 0 Å². The first kappa shape index (κ1) is 24.6. The Morgan fingerprint density at radius 1 is 0.833 bits per heavy atom. The molecule has 2 heterocycles. The van der Waals surface area contributed by atoms with Crippen LogP contribution in [0, 0.1) is 0 Å². The summed E-state index contributed by atoms with van der Waals surface area (Å²) in [5.74, 6) is -0.834. The van der Waals surface area contributed by atoms with E-state index in [2.05, 4.69) is 15.1 Å². The van der Waals surface area contributed by atoms with Crippen LogP contribution in [-0.4, -0.2) is 25.7 Å². The molecule has 12 heteroatoms. The van der Waals surface area contributed by atoms with Gasteiger partial charge in [0.1, 0.15) is 0 Å². The maximum Gasteiger partial charge on any atom is 0.416 e. The molecular weight excluding hydrogens is 488 g/mol. The lowest BCUT2D eigenvalue weighted by Crippen LogP contribution is -2.14. The maximum absolute atomic E-state index is 13.0. The van der Waals surface area contributed by atoms with E-state index in [9.17, 15) is 31.1 Å². The molecule has 0 unspecified atom stereocenters. The van der Waals surface area contributed by atoms with E-state index in [1.807, 2.05) is 0 Å². The molecule has 1 amide bonds. The molecule has 0 aliphatic heterocycles. The number of aromatic nitrogens is 4. The van der Waals surface area contributed by atoms with Gasteiger partial charge in [-0.15, -0.1) is 5.10 Å². The Bertz CT molecular complexity index is 1410. The highest BCUT2D eigenvalue weighted by atomic mass is 19.4. The Morgan fingerprint density at radius 3 is 1.86 bits per heavy atom. The van der Waals surface area contributed by atoms with E-state index in [1.54, 1.807) is 12.1 Å². The molecule has 0 aliphatic rings. The van der Waals surface area contributed by atoms with Crippen LogP contribution in [0.25, 0.3) is 34.5 Å². The van der Waals surface area contributed by atoms with Gasteiger partial charge in [-0.05, 0) is 30.3 Å². The molecule has 0 saturated heterocycles. The third kappa shape index (κ3) is 5.27. The number of halogens is 6. The number of hydrogen-bond acceptors (Lipinski definition) is 4. The van der Waals surface area contributed by atoms with Gasteiger partial charge in [0.05, 0.1) is 16.7 Å². The van der Waals surface area contributed by atoms with Crippen molar-refractivity contribution in [2.24, 2.45) is 5.73 Å². The van der Waals surface area contributed by atoms with Gasteiger partial charge in [-0.3, -0.25) is 9.78 Å². The van der Waals surface area contributed by atoms with E-state index in [0.717, 1.165) is 28.9 Å². The van der Waals surface area contributed by atoms with Crippen LogP contribution in [0.1, 0.15) is 16.7 Å². The molecule has 184 valence electrons. The quantitative estimate of drug-likeness (QED) is 0.287. The second-order valence-corrected chi connectivity index (χ2v) is 7.50. The zero-order chi connectivity index (χ0) is 26.1. The predicted molar refractivity (Wildman–Crippen MR) is 118 cm³/mol. The van der Waals surface area contributed by atoms with Gasteiger partial charge in [-0.25, -0.2) is 9.67 Å². The molecule has 0 saturated carbocycles. The minimum Gasteiger partial charge on any atom is -0.366 e. The number of amides is 1. The van der Waals surface area contributed by atoms with Crippen LogP contribution in [0.4, 0.5) is 26.3 Å². The Labute approximate surface area is 199 Å². The van der Waals surface area contributed by atoms with Crippen LogP contribution in [0.15, 0.2) is 73.1 Å². The third-order valence-electron chi connectivity index (χ3n) is 5.06. The number of carbonyl (C=O) groups excluding carboxylic acids is 1. The summed E-state index contributed by atoms with van der Waals surface area (Å²) < 4.78 is 79.0. The lowest BCUT2D eigenvalue weighted by Gasteiger charge is -2.08. The van der Waals surface area contributed by atoms with Crippen LogP contribution < -0.4 is 5.73 Å². The molecule has 0 aliphatic carbocycles. The Balaban J connectivity index is 1.86. The van der Waals surface area contributed by atoms with E-state index in [-0.39, 0.29) is 28.3 Å². The zero-order valence-corrected chi connectivity index (χ0v) is 18.0. The van der Waals surface area contributed by atoms with Crippen molar-refractivity contribution in [2.75, 3.05) is 0 Å². The number of nitrogens with zero attached hydrogens (tertiary/aromatic N) is 4. The Hall–Kier alpha value is -4.48. The summed E-state index contributed by atoms with van der Waals surface area (Å²) in [7, 11) is 0. The van der Waals surface area contributed by atoms with Crippen LogP contribution in [-0.2, 0) is 17.1 Å². The van der Waals surface area contributed by atoms with E-state index < -0.39 is 29.4 Å². The first-order valence-corrected chi connectivity index (χ1v) is 10.2. The standard InChI is InChI=1S/C24H15F6N5O/c25-23(26,27)17-7-3-14(4-8-17)21-33-22(15-5-9-18(10-6-15)24(28,29)30)35(34-21)13-19(20(31)36)16-2-1-11-32-12-16/h1-13H,(H2,31,36). The molecule has 0 spiro atoms. The largest absolute Gasteiger partial charge is 0.416 e. The van der Waals surface area contributed by atoms with Crippen molar-refractivity contribution in [1.82, 2.24) is 19.7 Å². The van der Waals surface area contributed by atoms with Crippen LogP contribution in [0.5, 0.6) is 0 Å². The van der Waals surface area contributed by atoms with Gasteiger partial charge >= 0.3 is 12.4 Å². The van der Waals surface area contributed by atoms with Gasteiger partial charge in [0.15, 0.2) is 11.6 Å². The lowest BCUT2D eigenvalue weighted by atomic mass is 10.1. The van der Waals surface area contributed by atoms with Gasteiger partial charge in [0.2, 0.25) is 0 Å². The second kappa shape index (κ2) is 9.29. The second-order valence-electron chi connectivity index (χ2n) is 7.50. The van der Waals surface area contributed by atoms with Gasteiger partial charge in [0, 0.05) is 35.3 Å². The minimum atomic E-state index is -4.56. The van der Waals surface area contributed by atoms with Gasteiger partial charge < -0.3 is 5.73 Å². The predicted octanol–water partition coefficient (Wildman–Crippen LogP) is 5.53. The first-order valence-electron chi connectivity index (χ1n) is 10.2. The Kier molecular flexibility index (Phi) is 6.35. The average molecular weight is 503 g/mol. The Morgan fingerprint density at radius 2 is 1.39 bits per heavy atom. The molecule has 2 N–H and O–H groups in total. The summed E-state index contributed by atoms with van der Waals surface area (Å²) in [5, 5.41) is 4.27. The first-order chi connectivity index (χ1) is 16.9. The molecular formula is C24H15F6N5O. The van der Waals surface area contributed by atoms with Gasteiger partial charge in [-0.2, -0.15) is 26.3 Å². The SMILES string of the molecule is NC(=O)C(=Cn1nc(-c2ccc(C(F)(F)F)cc2)nc1-c1ccc(C(F)(F)F)cc1)c1cccnc1. The highest BCUT2D eigenvalue weighted by Crippen LogP contribution is 2.33. The molecule has 2 aromatic carbocycles. The van der Waals surface area contributed by atoms with E-state index in [1.165, 1.54) is 42.9 Å². The molecule has 0 fully saturated rings. The van der Waals surface area contributed by atoms with Crippen LogP contribution >= 0.6 is 0 Å². The van der Waals surface area contributed by atoms with Gasteiger partial charge in [0.25, 0.3) is 5.91 Å². The number of nitrogens with two attached hydrogens (primary N) is 1. The fourth-order valence-corrected chi connectivity index (χ4v) is 3.27.